The Labute approximate surface area is 99.4 Å². The Bertz CT molecular complexity index is 309. The third-order valence-corrected chi connectivity index (χ3v) is 2.26. The van der Waals surface area contributed by atoms with Crippen LogP contribution in [0.5, 0.6) is 0 Å². The van der Waals surface area contributed by atoms with E-state index in [4.69, 9.17) is 5.73 Å². The molecule has 1 nitrogen and oxygen atoms in total. The van der Waals surface area contributed by atoms with Gasteiger partial charge in [0.15, 0.2) is 0 Å². The summed E-state index contributed by atoms with van der Waals surface area (Å²) in [5.41, 5.74) is 4.98. The van der Waals surface area contributed by atoms with E-state index in [1.807, 2.05) is 22.6 Å². The van der Waals surface area contributed by atoms with Gasteiger partial charge in [-0.3, -0.25) is 0 Å². The monoisotopic (exact) mass is 337 g/mol. The molecule has 6 heteroatoms. The average Bonchev–Trinajstić information content (AvgIpc) is 2.08. The van der Waals surface area contributed by atoms with E-state index >= 15 is 0 Å². The van der Waals surface area contributed by atoms with E-state index in [0.29, 0.717) is 3.57 Å². The van der Waals surface area contributed by atoms with Gasteiger partial charge in [-0.1, -0.05) is 0 Å². The van der Waals surface area contributed by atoms with E-state index in [-0.39, 0.29) is 18.0 Å². The van der Waals surface area contributed by atoms with E-state index < -0.39 is 18.3 Å². The second kappa shape index (κ2) is 5.77. The molecule has 0 radical (unpaired) electrons. The molecule has 0 saturated carbocycles. The van der Waals surface area contributed by atoms with E-state index in [2.05, 4.69) is 0 Å². The van der Waals surface area contributed by atoms with Gasteiger partial charge in [0.25, 0.3) is 6.43 Å². The van der Waals surface area contributed by atoms with Crippen LogP contribution in [0.2, 0.25) is 0 Å². The minimum Gasteiger partial charge on any atom is -0.319 e. The standard InChI is InChI=1S/C8H7F3IN.ClH/c9-6-2-1-4(12)3-5(6)7(13)8(10)11;/h1-3,7-8H,13H2;1H/t7-;/m1./s1. The number of hydrogen-bond acceptors (Lipinski definition) is 1. The minimum atomic E-state index is -2.74. The summed E-state index contributed by atoms with van der Waals surface area (Å²) in [4.78, 5) is 0. The lowest BCUT2D eigenvalue weighted by atomic mass is 10.1. The van der Waals surface area contributed by atoms with Gasteiger partial charge in [0.1, 0.15) is 5.82 Å². The molecule has 2 N–H and O–H groups in total. The van der Waals surface area contributed by atoms with Crippen molar-refractivity contribution in [1.82, 2.24) is 0 Å². The van der Waals surface area contributed by atoms with Crippen LogP contribution in [-0.2, 0) is 0 Å². The van der Waals surface area contributed by atoms with E-state index in [9.17, 15) is 13.2 Å². The molecule has 0 saturated heterocycles. The summed E-state index contributed by atoms with van der Waals surface area (Å²) < 4.78 is 37.9. The zero-order valence-corrected chi connectivity index (χ0v) is 9.86. The predicted molar refractivity (Wildman–Crippen MR) is 59.3 cm³/mol. The first-order valence-electron chi connectivity index (χ1n) is 3.51. The Morgan fingerprint density at radius 2 is 1.86 bits per heavy atom. The number of alkyl halides is 2. The molecule has 1 atom stereocenters. The first kappa shape index (κ1) is 14.0. The molecule has 0 heterocycles. The van der Waals surface area contributed by atoms with E-state index in [1.54, 1.807) is 0 Å². The molecule has 0 fully saturated rings. The van der Waals surface area contributed by atoms with Crippen LogP contribution in [0.3, 0.4) is 0 Å². The Morgan fingerprint density at radius 1 is 1.29 bits per heavy atom. The van der Waals surface area contributed by atoms with Gasteiger partial charge in [-0.05, 0) is 40.8 Å². The van der Waals surface area contributed by atoms with Crippen molar-refractivity contribution in [2.45, 2.75) is 12.5 Å². The highest BCUT2D eigenvalue weighted by Gasteiger charge is 2.20. The quantitative estimate of drug-likeness (QED) is 0.825. The maximum atomic E-state index is 13.0. The Morgan fingerprint density at radius 3 is 2.36 bits per heavy atom. The topological polar surface area (TPSA) is 26.0 Å². The summed E-state index contributed by atoms with van der Waals surface area (Å²) in [5.74, 6) is -0.687. The lowest BCUT2D eigenvalue weighted by molar-refractivity contribution is 0.115. The summed E-state index contributed by atoms with van der Waals surface area (Å²) in [7, 11) is 0. The highest BCUT2D eigenvalue weighted by molar-refractivity contribution is 14.1. The minimum absolute atomic E-state index is 0. The van der Waals surface area contributed by atoms with Gasteiger partial charge in [-0.15, -0.1) is 12.4 Å². The smallest absolute Gasteiger partial charge is 0.257 e. The van der Waals surface area contributed by atoms with Crippen molar-refractivity contribution in [3.8, 4) is 0 Å². The number of hydrogen-bond donors (Lipinski definition) is 1. The lowest BCUT2D eigenvalue weighted by Gasteiger charge is -2.11. The van der Waals surface area contributed by atoms with Crippen molar-refractivity contribution in [3.63, 3.8) is 0 Å². The van der Waals surface area contributed by atoms with Gasteiger partial charge in [-0.25, -0.2) is 13.2 Å². The molecule has 1 rings (SSSR count). The molecule has 14 heavy (non-hydrogen) atoms. The van der Waals surface area contributed by atoms with Crippen molar-refractivity contribution in [2.24, 2.45) is 5.73 Å². The van der Waals surface area contributed by atoms with E-state index in [0.717, 1.165) is 6.07 Å². The number of rotatable bonds is 2. The Hall–Kier alpha value is -0.0100. The third kappa shape index (κ3) is 3.29. The second-order valence-electron chi connectivity index (χ2n) is 2.53. The van der Waals surface area contributed by atoms with Crippen LogP contribution in [0.4, 0.5) is 13.2 Å². The normalized spacial score (nSPS) is 12.4. The summed E-state index contributed by atoms with van der Waals surface area (Å²) in [6, 6.07) is 2.42. The zero-order chi connectivity index (χ0) is 10.0. The van der Waals surface area contributed by atoms with Gasteiger partial charge in [-0.2, -0.15) is 0 Å². The third-order valence-electron chi connectivity index (χ3n) is 1.59. The Balaban J connectivity index is 0.00000169. The number of nitrogens with two attached hydrogens (primary N) is 1. The molecule has 80 valence electrons. The van der Waals surface area contributed by atoms with Crippen LogP contribution < -0.4 is 5.73 Å². The lowest BCUT2D eigenvalue weighted by Crippen LogP contribution is -2.20. The summed E-state index contributed by atoms with van der Waals surface area (Å²) >= 11 is 1.91. The van der Waals surface area contributed by atoms with Gasteiger partial charge in [0.05, 0.1) is 6.04 Å². The maximum absolute atomic E-state index is 13.0. The molecule has 0 unspecified atom stereocenters. The number of benzene rings is 1. The molecule has 0 aromatic heterocycles. The molecule has 1 aromatic carbocycles. The molecule has 1 aromatic rings. The van der Waals surface area contributed by atoms with Crippen molar-refractivity contribution in [1.29, 1.82) is 0 Å². The fourth-order valence-corrected chi connectivity index (χ4v) is 1.42. The molecule has 0 aliphatic carbocycles. The summed E-state index contributed by atoms with van der Waals surface area (Å²) in [5, 5.41) is 0. The Kier molecular flexibility index (Phi) is 5.77. The fraction of sp³-hybridized carbons (Fsp3) is 0.250. The predicted octanol–water partition coefficient (Wildman–Crippen LogP) is 3.12. The van der Waals surface area contributed by atoms with Crippen LogP contribution in [-0.4, -0.2) is 6.43 Å². The second-order valence-corrected chi connectivity index (χ2v) is 3.77. The van der Waals surface area contributed by atoms with Crippen molar-refractivity contribution in [3.05, 3.63) is 33.1 Å². The molecule has 0 spiro atoms. The summed E-state index contributed by atoms with van der Waals surface area (Å²) in [6.45, 7) is 0. The van der Waals surface area contributed by atoms with Crippen LogP contribution in [0.15, 0.2) is 18.2 Å². The molecular formula is C8H8ClF3IN. The summed E-state index contributed by atoms with van der Waals surface area (Å²) in [6.07, 6.45) is -2.74. The molecule has 0 aliphatic rings. The van der Waals surface area contributed by atoms with Crippen LogP contribution >= 0.6 is 35.0 Å². The van der Waals surface area contributed by atoms with Gasteiger partial charge < -0.3 is 5.73 Å². The van der Waals surface area contributed by atoms with Crippen LogP contribution in [0, 0.1) is 9.39 Å². The largest absolute Gasteiger partial charge is 0.319 e. The molecule has 0 bridgehead atoms. The fourth-order valence-electron chi connectivity index (χ4n) is 0.906. The zero-order valence-electron chi connectivity index (χ0n) is 6.88. The average molecular weight is 338 g/mol. The van der Waals surface area contributed by atoms with Crippen LogP contribution in [0.25, 0.3) is 0 Å². The SMILES string of the molecule is Cl.N[C@H](c1cc(I)ccc1F)C(F)F. The molecule has 0 amide bonds. The first-order chi connectivity index (χ1) is 6.02. The van der Waals surface area contributed by atoms with Crippen molar-refractivity contribution in [2.75, 3.05) is 0 Å². The van der Waals surface area contributed by atoms with E-state index in [1.165, 1.54) is 12.1 Å². The highest BCUT2D eigenvalue weighted by Crippen LogP contribution is 2.22. The van der Waals surface area contributed by atoms with Crippen molar-refractivity contribution >= 4 is 35.0 Å². The molecule has 0 aliphatic heterocycles. The van der Waals surface area contributed by atoms with Crippen LogP contribution in [0.1, 0.15) is 11.6 Å². The molecular weight excluding hydrogens is 329 g/mol. The van der Waals surface area contributed by atoms with Gasteiger partial charge in [0, 0.05) is 9.13 Å². The van der Waals surface area contributed by atoms with Crippen molar-refractivity contribution < 1.29 is 13.2 Å². The maximum Gasteiger partial charge on any atom is 0.257 e. The highest BCUT2D eigenvalue weighted by atomic mass is 127. The number of halogens is 5. The van der Waals surface area contributed by atoms with Gasteiger partial charge >= 0.3 is 0 Å². The van der Waals surface area contributed by atoms with Gasteiger partial charge in [0.2, 0.25) is 0 Å². The first-order valence-corrected chi connectivity index (χ1v) is 4.59.